The molecule has 0 aliphatic carbocycles. The minimum absolute atomic E-state index is 0.289. The Labute approximate surface area is 99.5 Å². The number of fused-ring (bicyclic) bond motifs is 1. The molecule has 0 saturated carbocycles. The summed E-state index contributed by atoms with van der Waals surface area (Å²) in [4.78, 5) is 4.27. The summed E-state index contributed by atoms with van der Waals surface area (Å²) in [5.74, 6) is 0. The molecular weight excluding hydrogens is 220 g/mol. The second kappa shape index (κ2) is 3.77. The Balaban J connectivity index is 3.00. The number of halogens is 1. The monoisotopic (exact) mass is 230 g/mol. The highest BCUT2D eigenvalue weighted by Crippen LogP contribution is 2.28. The van der Waals surface area contributed by atoms with E-state index in [1.54, 1.807) is 0 Å². The van der Waals surface area contributed by atoms with Crippen LogP contribution >= 0.6 is 11.6 Å². The largest absolute Gasteiger partial charge is 0.235 e. The molecule has 3 heteroatoms. The average molecular weight is 231 g/mol. The van der Waals surface area contributed by atoms with Gasteiger partial charge in [0.1, 0.15) is 11.2 Å². The third-order valence-corrected chi connectivity index (χ3v) is 3.02. The number of aryl methyl sites for hydroxylation is 3. The molecule has 0 bridgehead atoms. The third-order valence-electron chi connectivity index (χ3n) is 2.75. The van der Waals surface area contributed by atoms with E-state index in [4.69, 9.17) is 16.9 Å². The van der Waals surface area contributed by atoms with Gasteiger partial charge in [0.05, 0.1) is 11.1 Å². The predicted octanol–water partition coefficient (Wildman–Crippen LogP) is 3.69. The van der Waals surface area contributed by atoms with Crippen LogP contribution < -0.4 is 0 Å². The molecule has 1 heterocycles. The summed E-state index contributed by atoms with van der Waals surface area (Å²) in [5, 5.41) is 10.4. The number of pyridine rings is 1. The first-order valence-electron chi connectivity index (χ1n) is 5.01. The van der Waals surface area contributed by atoms with E-state index in [0.29, 0.717) is 5.56 Å². The normalized spacial score (nSPS) is 10.4. The van der Waals surface area contributed by atoms with E-state index in [1.807, 2.05) is 26.8 Å². The van der Waals surface area contributed by atoms with E-state index < -0.39 is 0 Å². The molecule has 0 aliphatic heterocycles. The number of rotatable bonds is 0. The van der Waals surface area contributed by atoms with Crippen molar-refractivity contribution in [1.29, 1.82) is 5.26 Å². The topological polar surface area (TPSA) is 36.7 Å². The zero-order valence-corrected chi connectivity index (χ0v) is 10.2. The van der Waals surface area contributed by atoms with Gasteiger partial charge in [0, 0.05) is 5.39 Å². The van der Waals surface area contributed by atoms with Crippen molar-refractivity contribution in [1.82, 2.24) is 4.98 Å². The number of nitrogens with zero attached hydrogens (tertiary/aromatic N) is 2. The zero-order valence-electron chi connectivity index (χ0n) is 9.43. The number of hydrogen-bond donors (Lipinski definition) is 0. The van der Waals surface area contributed by atoms with Crippen LogP contribution in [0.5, 0.6) is 0 Å². The van der Waals surface area contributed by atoms with Crippen LogP contribution in [0, 0.1) is 32.1 Å². The van der Waals surface area contributed by atoms with Gasteiger partial charge in [0.2, 0.25) is 0 Å². The first kappa shape index (κ1) is 10.9. The molecule has 2 rings (SSSR count). The highest BCUT2D eigenvalue weighted by atomic mass is 35.5. The van der Waals surface area contributed by atoms with Gasteiger partial charge < -0.3 is 0 Å². The van der Waals surface area contributed by atoms with Gasteiger partial charge in [-0.3, -0.25) is 0 Å². The molecule has 1 aromatic heterocycles. The van der Waals surface area contributed by atoms with Crippen LogP contribution in [0.4, 0.5) is 0 Å². The maximum Gasteiger partial charge on any atom is 0.147 e. The van der Waals surface area contributed by atoms with Crippen LogP contribution in [0.15, 0.2) is 12.1 Å². The van der Waals surface area contributed by atoms with E-state index in [0.717, 1.165) is 27.6 Å². The van der Waals surface area contributed by atoms with Crippen molar-refractivity contribution in [2.45, 2.75) is 20.8 Å². The van der Waals surface area contributed by atoms with Crippen molar-refractivity contribution in [2.24, 2.45) is 0 Å². The molecule has 16 heavy (non-hydrogen) atoms. The summed E-state index contributed by atoms with van der Waals surface area (Å²) >= 11 is 5.98. The van der Waals surface area contributed by atoms with Crippen LogP contribution in [0.25, 0.3) is 10.9 Å². The summed E-state index contributed by atoms with van der Waals surface area (Å²) in [6.45, 7) is 5.96. The molecule has 0 radical (unpaired) electrons. The maximum absolute atomic E-state index is 9.03. The number of hydrogen-bond acceptors (Lipinski definition) is 2. The van der Waals surface area contributed by atoms with Crippen molar-refractivity contribution in [3.63, 3.8) is 0 Å². The third kappa shape index (κ3) is 1.54. The molecular formula is C13H11ClN2. The van der Waals surface area contributed by atoms with Gasteiger partial charge in [-0.2, -0.15) is 5.26 Å². The molecule has 2 aromatic rings. The summed E-state index contributed by atoms with van der Waals surface area (Å²) in [6.07, 6.45) is 0. The molecule has 0 spiro atoms. The zero-order chi connectivity index (χ0) is 11.9. The first-order chi connectivity index (χ1) is 7.54. The molecule has 0 N–H and O–H groups in total. The smallest absolute Gasteiger partial charge is 0.147 e. The van der Waals surface area contributed by atoms with Crippen molar-refractivity contribution in [2.75, 3.05) is 0 Å². The molecule has 0 amide bonds. The van der Waals surface area contributed by atoms with Crippen LogP contribution in [-0.4, -0.2) is 4.98 Å². The Hall–Kier alpha value is -1.59. The lowest BCUT2D eigenvalue weighted by Gasteiger charge is -2.09. The van der Waals surface area contributed by atoms with Crippen molar-refractivity contribution >= 4 is 22.5 Å². The van der Waals surface area contributed by atoms with E-state index in [9.17, 15) is 0 Å². The Morgan fingerprint density at radius 3 is 2.56 bits per heavy atom. The van der Waals surface area contributed by atoms with Crippen LogP contribution in [-0.2, 0) is 0 Å². The van der Waals surface area contributed by atoms with Crippen molar-refractivity contribution in [3.05, 3.63) is 39.5 Å². The average Bonchev–Trinajstić information content (AvgIpc) is 2.15. The second-order valence-corrected chi connectivity index (χ2v) is 4.35. The lowest BCUT2D eigenvalue weighted by molar-refractivity contribution is 1.29. The molecule has 1 aromatic carbocycles. The predicted molar refractivity (Wildman–Crippen MR) is 65.7 cm³/mol. The van der Waals surface area contributed by atoms with Crippen molar-refractivity contribution in [3.8, 4) is 6.07 Å². The van der Waals surface area contributed by atoms with Crippen molar-refractivity contribution < 1.29 is 0 Å². The fourth-order valence-corrected chi connectivity index (χ4v) is 2.37. The lowest BCUT2D eigenvalue weighted by Crippen LogP contribution is -1.94. The molecule has 2 nitrogen and oxygen atoms in total. The van der Waals surface area contributed by atoms with Crippen LogP contribution in [0.2, 0.25) is 5.15 Å². The van der Waals surface area contributed by atoms with Crippen LogP contribution in [0.1, 0.15) is 22.3 Å². The molecule has 0 unspecified atom stereocenters. The number of aromatic nitrogens is 1. The fourth-order valence-electron chi connectivity index (χ4n) is 2.09. The highest BCUT2D eigenvalue weighted by Gasteiger charge is 2.12. The quantitative estimate of drug-likeness (QED) is 0.648. The molecule has 0 atom stereocenters. The van der Waals surface area contributed by atoms with E-state index in [2.05, 4.69) is 17.1 Å². The Kier molecular flexibility index (Phi) is 2.57. The highest BCUT2D eigenvalue weighted by molar-refractivity contribution is 6.31. The minimum atomic E-state index is 0.289. The number of benzene rings is 1. The first-order valence-corrected chi connectivity index (χ1v) is 5.39. The van der Waals surface area contributed by atoms with Crippen LogP contribution in [0.3, 0.4) is 0 Å². The fraction of sp³-hybridized carbons (Fsp3) is 0.231. The van der Waals surface area contributed by atoms with Gasteiger partial charge in [-0.15, -0.1) is 0 Å². The standard InChI is InChI=1S/C13H11ClN2/c1-7-4-8(2)12-9(3)10(6-15)13(14)16-11(12)5-7/h4-5H,1-3H3. The maximum atomic E-state index is 9.03. The summed E-state index contributed by atoms with van der Waals surface area (Å²) in [5.41, 5.74) is 4.53. The molecule has 80 valence electrons. The molecule has 0 aliphatic rings. The van der Waals surface area contributed by atoms with Gasteiger partial charge in [-0.25, -0.2) is 4.98 Å². The van der Waals surface area contributed by atoms with Gasteiger partial charge in [-0.1, -0.05) is 17.7 Å². The van der Waals surface area contributed by atoms with E-state index in [-0.39, 0.29) is 5.15 Å². The lowest BCUT2D eigenvalue weighted by atomic mass is 9.99. The summed E-state index contributed by atoms with van der Waals surface area (Å²) < 4.78 is 0. The van der Waals surface area contributed by atoms with Gasteiger partial charge in [0.15, 0.2) is 0 Å². The Morgan fingerprint density at radius 2 is 1.94 bits per heavy atom. The summed E-state index contributed by atoms with van der Waals surface area (Å²) in [7, 11) is 0. The van der Waals surface area contributed by atoms with E-state index in [1.165, 1.54) is 0 Å². The summed E-state index contributed by atoms with van der Waals surface area (Å²) in [6, 6.07) is 6.18. The SMILES string of the molecule is Cc1cc(C)c2c(C)c(C#N)c(Cl)nc2c1. The van der Waals surface area contributed by atoms with Gasteiger partial charge >= 0.3 is 0 Å². The minimum Gasteiger partial charge on any atom is -0.235 e. The second-order valence-electron chi connectivity index (χ2n) is 3.99. The molecule has 0 saturated heterocycles. The molecule has 0 fully saturated rings. The number of nitriles is 1. The van der Waals surface area contributed by atoms with Gasteiger partial charge in [0.25, 0.3) is 0 Å². The Bertz CT molecular complexity index is 624. The van der Waals surface area contributed by atoms with E-state index >= 15 is 0 Å². The van der Waals surface area contributed by atoms with Gasteiger partial charge in [-0.05, 0) is 43.5 Å². The Morgan fingerprint density at radius 1 is 1.25 bits per heavy atom.